The molecular formula is C13H30N2. The van der Waals surface area contributed by atoms with Gasteiger partial charge < -0.3 is 10.2 Å². The van der Waals surface area contributed by atoms with E-state index in [1.54, 1.807) is 0 Å². The molecule has 0 aliphatic rings. The van der Waals surface area contributed by atoms with Crippen molar-refractivity contribution in [1.82, 2.24) is 10.2 Å². The van der Waals surface area contributed by atoms with Gasteiger partial charge >= 0.3 is 0 Å². The maximum atomic E-state index is 3.48. The number of rotatable bonds is 8. The van der Waals surface area contributed by atoms with Crippen LogP contribution in [0.5, 0.6) is 0 Å². The molecule has 0 aromatic heterocycles. The summed E-state index contributed by atoms with van der Waals surface area (Å²) in [6.45, 7) is 12.4. The molecule has 2 heteroatoms. The number of nitrogens with zero attached hydrogens (tertiary/aromatic N) is 1. The SMILES string of the molecule is CCNC(C)CC(C)N(C)C(CC)CC. The van der Waals surface area contributed by atoms with Gasteiger partial charge in [0.1, 0.15) is 0 Å². The van der Waals surface area contributed by atoms with Gasteiger partial charge in [0.25, 0.3) is 0 Å². The van der Waals surface area contributed by atoms with Crippen LogP contribution in [0.15, 0.2) is 0 Å². The fourth-order valence-electron chi connectivity index (χ4n) is 2.33. The average molecular weight is 214 g/mol. The second kappa shape index (κ2) is 8.12. The van der Waals surface area contributed by atoms with Gasteiger partial charge in [-0.2, -0.15) is 0 Å². The number of hydrogen-bond donors (Lipinski definition) is 1. The lowest BCUT2D eigenvalue weighted by molar-refractivity contribution is 0.158. The Balaban J connectivity index is 4.01. The topological polar surface area (TPSA) is 15.3 Å². The van der Waals surface area contributed by atoms with E-state index in [9.17, 15) is 0 Å². The normalized spacial score (nSPS) is 16.0. The van der Waals surface area contributed by atoms with E-state index in [-0.39, 0.29) is 0 Å². The predicted octanol–water partition coefficient (Wildman–Crippen LogP) is 2.88. The smallest absolute Gasteiger partial charge is 0.00897 e. The van der Waals surface area contributed by atoms with Gasteiger partial charge in [-0.1, -0.05) is 20.8 Å². The van der Waals surface area contributed by atoms with Gasteiger partial charge in [-0.25, -0.2) is 0 Å². The predicted molar refractivity (Wildman–Crippen MR) is 69.4 cm³/mol. The third-order valence-electron chi connectivity index (χ3n) is 3.46. The van der Waals surface area contributed by atoms with E-state index >= 15 is 0 Å². The first kappa shape index (κ1) is 14.9. The van der Waals surface area contributed by atoms with Crippen LogP contribution in [0.3, 0.4) is 0 Å². The third kappa shape index (κ3) is 5.53. The second-order valence-electron chi connectivity index (χ2n) is 4.68. The average Bonchev–Trinajstić information content (AvgIpc) is 2.19. The molecule has 2 atom stereocenters. The molecule has 2 unspecified atom stereocenters. The highest BCUT2D eigenvalue weighted by Crippen LogP contribution is 2.13. The van der Waals surface area contributed by atoms with Crippen molar-refractivity contribution in [3.63, 3.8) is 0 Å². The van der Waals surface area contributed by atoms with Crippen molar-refractivity contribution >= 4 is 0 Å². The van der Waals surface area contributed by atoms with Crippen molar-refractivity contribution in [3.8, 4) is 0 Å². The zero-order valence-electron chi connectivity index (χ0n) is 11.5. The van der Waals surface area contributed by atoms with Gasteiger partial charge in [0.2, 0.25) is 0 Å². The van der Waals surface area contributed by atoms with Gasteiger partial charge in [0.05, 0.1) is 0 Å². The van der Waals surface area contributed by atoms with Crippen molar-refractivity contribution in [3.05, 3.63) is 0 Å². The molecule has 0 aromatic rings. The van der Waals surface area contributed by atoms with E-state index < -0.39 is 0 Å². The molecule has 15 heavy (non-hydrogen) atoms. The molecule has 0 fully saturated rings. The van der Waals surface area contributed by atoms with Gasteiger partial charge in [-0.05, 0) is 46.7 Å². The van der Waals surface area contributed by atoms with Crippen molar-refractivity contribution in [1.29, 1.82) is 0 Å². The maximum absolute atomic E-state index is 3.48. The molecular weight excluding hydrogens is 184 g/mol. The first-order valence-corrected chi connectivity index (χ1v) is 6.51. The zero-order chi connectivity index (χ0) is 11.8. The van der Waals surface area contributed by atoms with E-state index in [1.807, 2.05) is 0 Å². The minimum atomic E-state index is 0.627. The maximum Gasteiger partial charge on any atom is 0.00897 e. The molecule has 0 bridgehead atoms. The van der Waals surface area contributed by atoms with Crippen molar-refractivity contribution in [2.45, 2.75) is 72.0 Å². The van der Waals surface area contributed by atoms with Gasteiger partial charge in [0, 0.05) is 18.1 Å². The number of hydrogen-bond acceptors (Lipinski definition) is 2. The van der Waals surface area contributed by atoms with E-state index in [0.717, 1.165) is 12.6 Å². The summed E-state index contributed by atoms with van der Waals surface area (Å²) in [5, 5.41) is 3.48. The monoisotopic (exact) mass is 214 g/mol. The van der Waals surface area contributed by atoms with Crippen LogP contribution >= 0.6 is 0 Å². The minimum absolute atomic E-state index is 0.627. The van der Waals surface area contributed by atoms with Crippen LogP contribution in [-0.2, 0) is 0 Å². The van der Waals surface area contributed by atoms with Crippen LogP contribution in [0.25, 0.3) is 0 Å². The van der Waals surface area contributed by atoms with E-state index in [4.69, 9.17) is 0 Å². The van der Waals surface area contributed by atoms with Crippen LogP contribution < -0.4 is 5.32 Å². The highest BCUT2D eigenvalue weighted by molar-refractivity contribution is 4.75. The van der Waals surface area contributed by atoms with Gasteiger partial charge in [0.15, 0.2) is 0 Å². The van der Waals surface area contributed by atoms with E-state index in [1.165, 1.54) is 19.3 Å². The van der Waals surface area contributed by atoms with Crippen LogP contribution in [0, 0.1) is 0 Å². The summed E-state index contributed by atoms with van der Waals surface area (Å²) in [4.78, 5) is 2.54. The van der Waals surface area contributed by atoms with Crippen LogP contribution in [0.1, 0.15) is 53.9 Å². The molecule has 0 aliphatic carbocycles. The van der Waals surface area contributed by atoms with Crippen LogP contribution in [-0.4, -0.2) is 36.6 Å². The third-order valence-corrected chi connectivity index (χ3v) is 3.46. The van der Waals surface area contributed by atoms with Crippen molar-refractivity contribution in [2.75, 3.05) is 13.6 Å². The van der Waals surface area contributed by atoms with Crippen molar-refractivity contribution in [2.24, 2.45) is 0 Å². The Morgan fingerprint density at radius 3 is 2.00 bits per heavy atom. The van der Waals surface area contributed by atoms with Crippen LogP contribution in [0.4, 0.5) is 0 Å². The van der Waals surface area contributed by atoms with Gasteiger partial charge in [-0.15, -0.1) is 0 Å². The summed E-state index contributed by atoms with van der Waals surface area (Å²) in [6.07, 6.45) is 3.75. The number of nitrogens with one attached hydrogen (secondary N) is 1. The molecule has 1 N–H and O–H groups in total. The second-order valence-corrected chi connectivity index (χ2v) is 4.68. The lowest BCUT2D eigenvalue weighted by atomic mass is 10.0. The summed E-state index contributed by atoms with van der Waals surface area (Å²) in [5.41, 5.74) is 0. The molecule has 0 radical (unpaired) electrons. The molecule has 0 saturated heterocycles. The molecule has 0 heterocycles. The van der Waals surface area contributed by atoms with Crippen molar-refractivity contribution < 1.29 is 0 Å². The lowest BCUT2D eigenvalue weighted by Gasteiger charge is -2.33. The molecule has 0 saturated carbocycles. The Morgan fingerprint density at radius 1 is 1.07 bits per heavy atom. The molecule has 0 aromatic carbocycles. The first-order valence-electron chi connectivity index (χ1n) is 6.51. The Labute approximate surface area is 96.4 Å². The zero-order valence-corrected chi connectivity index (χ0v) is 11.5. The molecule has 0 spiro atoms. The van der Waals surface area contributed by atoms with Crippen LogP contribution in [0.2, 0.25) is 0 Å². The molecule has 0 amide bonds. The summed E-state index contributed by atoms with van der Waals surface area (Å²) >= 11 is 0. The fourth-order valence-corrected chi connectivity index (χ4v) is 2.33. The molecule has 2 nitrogen and oxygen atoms in total. The van der Waals surface area contributed by atoms with E-state index in [2.05, 4.69) is 51.9 Å². The molecule has 0 rings (SSSR count). The summed E-state index contributed by atoms with van der Waals surface area (Å²) in [6, 6.07) is 2.04. The highest BCUT2D eigenvalue weighted by Gasteiger charge is 2.18. The molecule has 92 valence electrons. The Kier molecular flexibility index (Phi) is 8.07. The van der Waals surface area contributed by atoms with Gasteiger partial charge in [-0.3, -0.25) is 0 Å². The summed E-state index contributed by atoms with van der Waals surface area (Å²) < 4.78 is 0. The summed E-state index contributed by atoms with van der Waals surface area (Å²) in [7, 11) is 2.26. The molecule has 0 aliphatic heterocycles. The summed E-state index contributed by atoms with van der Waals surface area (Å²) in [5.74, 6) is 0. The minimum Gasteiger partial charge on any atom is -0.314 e. The standard InChI is InChI=1S/C13H30N2/c1-7-13(8-2)15(6)12(5)10-11(4)14-9-3/h11-14H,7-10H2,1-6H3. The largest absolute Gasteiger partial charge is 0.314 e. The highest BCUT2D eigenvalue weighted by atomic mass is 15.2. The fraction of sp³-hybridized carbons (Fsp3) is 1.00. The Hall–Kier alpha value is -0.0800. The van der Waals surface area contributed by atoms with E-state index in [0.29, 0.717) is 12.1 Å². The Bertz CT molecular complexity index is 143. The lowest BCUT2D eigenvalue weighted by Crippen LogP contribution is -2.41. The quantitative estimate of drug-likeness (QED) is 0.668. The Morgan fingerprint density at radius 2 is 1.60 bits per heavy atom. The first-order chi connectivity index (χ1) is 7.06.